The molecule has 6 rings (SSSR count). The molecule has 1 unspecified atom stereocenters. The molecule has 0 saturated carbocycles. The van der Waals surface area contributed by atoms with Gasteiger partial charge in [-0.25, -0.2) is 4.39 Å². The third kappa shape index (κ3) is 8.01. The number of nitrogens with zero attached hydrogens (tertiary/aromatic N) is 1. The Bertz CT molecular complexity index is 2000. The maximum absolute atomic E-state index is 14.7. The second kappa shape index (κ2) is 15.0. The first kappa shape index (κ1) is 36.2. The standard InChI is InChI=1S/C42H44FNO5SSi/c1-42(2,3)51(4,5)49-38(30-19-22-33(43)23-20-30)28-50(47)40-39(44(41(40)46)34-16-10-7-11-17-34)36-24-21-32(31-15-12-18-35(45)25-31)26-37(36)48-27-29-13-8-6-9-14-29/h6-26,38-40,45H,27-28H2,1-5H3/t38-,39+,40+,50?/m0/s1. The van der Waals surface area contributed by atoms with Gasteiger partial charge in [0, 0.05) is 22.1 Å². The van der Waals surface area contributed by atoms with Crippen LogP contribution in [-0.2, 0) is 26.6 Å². The second-order valence-corrected chi connectivity index (χ2v) is 20.8. The van der Waals surface area contributed by atoms with Crippen LogP contribution < -0.4 is 9.64 Å². The summed E-state index contributed by atoms with van der Waals surface area (Å²) in [4.78, 5) is 15.9. The highest BCUT2D eigenvalue weighted by Crippen LogP contribution is 2.47. The number of ether oxygens (including phenoxy) is 1. The Morgan fingerprint density at radius 2 is 1.49 bits per heavy atom. The number of halogens is 1. The maximum Gasteiger partial charge on any atom is 0.245 e. The Labute approximate surface area is 303 Å². The first-order valence-corrected chi connectivity index (χ1v) is 21.4. The summed E-state index contributed by atoms with van der Waals surface area (Å²) in [5.41, 5.74) is 4.74. The molecule has 0 aliphatic carbocycles. The smallest absolute Gasteiger partial charge is 0.245 e. The molecule has 5 aromatic rings. The average molecular weight is 722 g/mol. The number of aromatic hydroxyl groups is 1. The van der Waals surface area contributed by atoms with E-state index in [4.69, 9.17) is 9.16 Å². The molecular weight excluding hydrogens is 678 g/mol. The Morgan fingerprint density at radius 3 is 2.14 bits per heavy atom. The number of amides is 1. The summed E-state index contributed by atoms with van der Waals surface area (Å²) in [7, 11) is -4.08. The topological polar surface area (TPSA) is 76.1 Å². The van der Waals surface area contributed by atoms with Crippen LogP contribution in [0.4, 0.5) is 10.1 Å². The lowest BCUT2D eigenvalue weighted by atomic mass is 9.90. The fourth-order valence-corrected chi connectivity index (χ4v) is 9.13. The molecule has 1 aliphatic rings. The van der Waals surface area contributed by atoms with Gasteiger partial charge >= 0.3 is 0 Å². The summed E-state index contributed by atoms with van der Waals surface area (Å²) < 4.78 is 42.1. The number of carbonyl (C=O) groups excluding carboxylic acids is 1. The molecule has 6 nitrogen and oxygen atoms in total. The van der Waals surface area contributed by atoms with Gasteiger partial charge in [0.2, 0.25) is 5.91 Å². The average Bonchev–Trinajstić information content (AvgIpc) is 3.10. The lowest BCUT2D eigenvalue weighted by Gasteiger charge is -2.47. The Kier molecular flexibility index (Phi) is 10.6. The molecule has 51 heavy (non-hydrogen) atoms. The van der Waals surface area contributed by atoms with E-state index in [0.717, 1.165) is 27.8 Å². The SMILES string of the molecule is CC(C)(C)[Si](C)(C)O[C@@H](CS(=O)[C@H]1C(=O)N(c2ccccc2)[C@@H]1c1ccc(-c2cccc(O)c2)cc1OCc1ccccc1)c1ccc(F)cc1. The summed E-state index contributed by atoms with van der Waals surface area (Å²) in [5, 5.41) is 9.20. The van der Waals surface area contributed by atoms with Crippen molar-refractivity contribution in [1.82, 2.24) is 0 Å². The van der Waals surface area contributed by atoms with E-state index in [-0.39, 0.29) is 34.9 Å². The number of hydrogen-bond acceptors (Lipinski definition) is 5. The van der Waals surface area contributed by atoms with E-state index in [1.807, 2.05) is 84.9 Å². The van der Waals surface area contributed by atoms with E-state index < -0.39 is 36.5 Å². The van der Waals surface area contributed by atoms with Crippen molar-refractivity contribution in [3.8, 4) is 22.6 Å². The van der Waals surface area contributed by atoms with E-state index in [1.54, 1.807) is 35.2 Å². The first-order chi connectivity index (χ1) is 24.3. The molecule has 0 spiro atoms. The highest BCUT2D eigenvalue weighted by atomic mass is 32.2. The Morgan fingerprint density at radius 1 is 0.843 bits per heavy atom. The molecular formula is C42H44FNO5SSi. The van der Waals surface area contributed by atoms with Gasteiger partial charge in [-0.2, -0.15) is 0 Å². The minimum absolute atomic E-state index is 0.0647. The zero-order valence-corrected chi connectivity index (χ0v) is 31.4. The van der Waals surface area contributed by atoms with Crippen molar-refractivity contribution in [3.63, 3.8) is 0 Å². The van der Waals surface area contributed by atoms with E-state index in [0.29, 0.717) is 11.4 Å². The fourth-order valence-electron chi connectivity index (χ4n) is 6.06. The molecule has 1 aliphatic heterocycles. The zero-order valence-electron chi connectivity index (χ0n) is 29.6. The minimum Gasteiger partial charge on any atom is -0.508 e. The summed E-state index contributed by atoms with van der Waals surface area (Å²) in [6, 6.07) is 37.5. The molecule has 5 aromatic carbocycles. The molecule has 0 aromatic heterocycles. The highest BCUT2D eigenvalue weighted by Gasteiger charge is 2.54. The van der Waals surface area contributed by atoms with Crippen LogP contribution >= 0.6 is 0 Å². The van der Waals surface area contributed by atoms with Crippen LogP contribution in [-0.4, -0.2) is 34.5 Å². The molecule has 4 atom stereocenters. The monoisotopic (exact) mass is 721 g/mol. The molecule has 1 amide bonds. The first-order valence-electron chi connectivity index (χ1n) is 17.1. The van der Waals surface area contributed by atoms with Gasteiger partial charge in [0.25, 0.3) is 0 Å². The van der Waals surface area contributed by atoms with Crippen LogP contribution in [0.1, 0.15) is 49.6 Å². The van der Waals surface area contributed by atoms with E-state index in [2.05, 4.69) is 33.9 Å². The lowest BCUT2D eigenvalue weighted by molar-refractivity contribution is -0.123. The van der Waals surface area contributed by atoms with Crippen LogP contribution in [0.5, 0.6) is 11.5 Å². The van der Waals surface area contributed by atoms with Crippen LogP contribution in [0.15, 0.2) is 127 Å². The number of phenolic OH excluding ortho intramolecular Hbond substituents is 1. The molecule has 0 bridgehead atoms. The highest BCUT2D eigenvalue weighted by molar-refractivity contribution is 7.86. The molecule has 1 fully saturated rings. The summed E-state index contributed by atoms with van der Waals surface area (Å²) in [6.45, 7) is 11.0. The van der Waals surface area contributed by atoms with Crippen molar-refractivity contribution >= 4 is 30.7 Å². The van der Waals surface area contributed by atoms with E-state index in [1.165, 1.54) is 12.1 Å². The summed E-state index contributed by atoms with van der Waals surface area (Å²) >= 11 is 0. The number of benzene rings is 5. The summed E-state index contributed by atoms with van der Waals surface area (Å²) in [6.07, 6.45) is -0.603. The normalized spacial score (nSPS) is 17.5. The third-order valence-corrected chi connectivity index (χ3v) is 16.1. The van der Waals surface area contributed by atoms with Crippen LogP contribution in [0.2, 0.25) is 18.1 Å². The van der Waals surface area contributed by atoms with Crippen LogP contribution in [0.25, 0.3) is 11.1 Å². The van der Waals surface area contributed by atoms with Gasteiger partial charge in [-0.3, -0.25) is 9.00 Å². The van der Waals surface area contributed by atoms with Crippen molar-refractivity contribution in [2.75, 3.05) is 10.7 Å². The van der Waals surface area contributed by atoms with Gasteiger partial charge in [0.15, 0.2) is 8.32 Å². The van der Waals surface area contributed by atoms with Crippen molar-refractivity contribution in [3.05, 3.63) is 150 Å². The number of phenols is 1. The van der Waals surface area contributed by atoms with Crippen molar-refractivity contribution in [2.24, 2.45) is 0 Å². The molecule has 0 radical (unpaired) electrons. The molecule has 1 heterocycles. The number of hydrogen-bond donors (Lipinski definition) is 1. The lowest BCUT2D eigenvalue weighted by Crippen LogP contribution is -2.61. The number of β-lactam (4-membered cyclic amide) rings is 1. The number of anilines is 1. The largest absolute Gasteiger partial charge is 0.508 e. The summed E-state index contributed by atoms with van der Waals surface area (Å²) in [5.74, 6) is 0.147. The van der Waals surface area contributed by atoms with Gasteiger partial charge in [-0.15, -0.1) is 0 Å². The van der Waals surface area contributed by atoms with Crippen LogP contribution in [0, 0.1) is 5.82 Å². The third-order valence-electron chi connectivity index (χ3n) is 9.91. The van der Waals surface area contributed by atoms with E-state index in [9.17, 15) is 18.5 Å². The van der Waals surface area contributed by atoms with Gasteiger partial charge in [0.05, 0.1) is 17.9 Å². The van der Waals surface area contributed by atoms with Gasteiger partial charge < -0.3 is 19.2 Å². The quantitative estimate of drug-likeness (QED) is 0.103. The fraction of sp³-hybridized carbons (Fsp3) is 0.262. The molecule has 9 heteroatoms. The number of rotatable bonds is 12. The molecule has 1 saturated heterocycles. The minimum atomic E-state index is -2.38. The van der Waals surface area contributed by atoms with E-state index >= 15 is 0 Å². The maximum atomic E-state index is 14.7. The van der Waals surface area contributed by atoms with Crippen molar-refractivity contribution < 1.29 is 27.7 Å². The number of carbonyl (C=O) groups is 1. The Balaban J connectivity index is 1.41. The predicted molar refractivity (Wildman–Crippen MR) is 205 cm³/mol. The zero-order chi connectivity index (χ0) is 36.3. The van der Waals surface area contributed by atoms with Gasteiger partial charge in [0.1, 0.15) is 29.2 Å². The predicted octanol–water partition coefficient (Wildman–Crippen LogP) is 9.75. The molecule has 1 N–H and O–H groups in total. The second-order valence-electron chi connectivity index (χ2n) is 14.5. The van der Waals surface area contributed by atoms with Gasteiger partial charge in [-0.1, -0.05) is 106 Å². The molecule has 264 valence electrons. The van der Waals surface area contributed by atoms with Gasteiger partial charge in [-0.05, 0) is 82.9 Å². The van der Waals surface area contributed by atoms with Crippen molar-refractivity contribution in [2.45, 2.75) is 62.9 Å². The van der Waals surface area contributed by atoms with Crippen LogP contribution in [0.3, 0.4) is 0 Å². The van der Waals surface area contributed by atoms with Crippen molar-refractivity contribution in [1.29, 1.82) is 0 Å². The number of para-hydroxylation sites is 1. The Hall–Kier alpha value is -4.57.